The second-order valence-corrected chi connectivity index (χ2v) is 5.74. The number of aromatic nitrogens is 1. The number of anilines is 2. The molecule has 0 spiro atoms. The number of nitrogens with two attached hydrogens (primary N) is 1. The Balaban J connectivity index is 2.53. The number of hydrogen-bond acceptors (Lipinski definition) is 6. The van der Waals surface area contributed by atoms with Crippen molar-refractivity contribution in [1.29, 1.82) is 0 Å². The molecule has 0 fully saturated rings. The third-order valence-electron chi connectivity index (χ3n) is 3.00. The molecule has 1 aromatic heterocycles. The molecule has 0 radical (unpaired) electrons. The average molecular weight is 311 g/mol. The number of amides is 1. The fourth-order valence-corrected chi connectivity index (χ4v) is 1.89. The number of rotatable bonds is 6. The summed E-state index contributed by atoms with van der Waals surface area (Å²) in [6.07, 6.45) is -0.396. The minimum absolute atomic E-state index is 0.156. The average Bonchev–Trinajstić information content (AvgIpc) is 2.35. The Morgan fingerprint density at radius 1 is 1.50 bits per heavy atom. The lowest BCUT2D eigenvalue weighted by molar-refractivity contribution is -0.384. The highest BCUT2D eigenvalue weighted by Gasteiger charge is 2.25. The summed E-state index contributed by atoms with van der Waals surface area (Å²) in [6, 6.07) is 2.75. The van der Waals surface area contributed by atoms with Gasteiger partial charge < -0.3 is 21.1 Å². The predicted molar refractivity (Wildman–Crippen MR) is 82.9 cm³/mol. The first-order valence-corrected chi connectivity index (χ1v) is 6.78. The number of nitro groups is 1. The third kappa shape index (κ3) is 4.76. The van der Waals surface area contributed by atoms with Crippen LogP contribution in [0.25, 0.3) is 0 Å². The molecule has 0 aromatic carbocycles. The van der Waals surface area contributed by atoms with Crippen molar-refractivity contribution in [2.24, 2.45) is 0 Å². The topological polar surface area (TPSA) is 135 Å². The maximum absolute atomic E-state index is 11.2. The summed E-state index contributed by atoms with van der Waals surface area (Å²) in [5, 5.41) is 22.8. The molecule has 9 nitrogen and oxygen atoms in total. The van der Waals surface area contributed by atoms with Crippen molar-refractivity contribution in [3.05, 3.63) is 22.2 Å². The van der Waals surface area contributed by atoms with E-state index in [0.29, 0.717) is 25.3 Å². The van der Waals surface area contributed by atoms with E-state index in [1.807, 2.05) is 20.8 Å². The Labute approximate surface area is 128 Å². The number of pyridine rings is 1. The first-order valence-electron chi connectivity index (χ1n) is 6.78. The van der Waals surface area contributed by atoms with Crippen molar-refractivity contribution in [2.45, 2.75) is 32.7 Å². The molecule has 0 saturated carbocycles. The molecular formula is C13H21N5O4. The van der Waals surface area contributed by atoms with Crippen LogP contribution < -0.4 is 11.1 Å². The van der Waals surface area contributed by atoms with E-state index in [-0.39, 0.29) is 11.5 Å². The smallest absolute Gasteiger partial charge is 0.407 e. The van der Waals surface area contributed by atoms with Crippen molar-refractivity contribution in [2.75, 3.05) is 24.1 Å². The molecule has 1 aromatic rings. The van der Waals surface area contributed by atoms with Crippen molar-refractivity contribution in [1.82, 2.24) is 9.88 Å². The van der Waals surface area contributed by atoms with Gasteiger partial charge in [0.25, 0.3) is 0 Å². The highest BCUT2D eigenvalue weighted by molar-refractivity contribution is 5.66. The van der Waals surface area contributed by atoms with E-state index in [1.54, 1.807) is 0 Å². The second-order valence-electron chi connectivity index (χ2n) is 5.74. The standard InChI is InChI=1S/C13H21N5O4/c1-13(2,3)17(12(19)20)8-4-7-15-10-6-5-9(18(21)22)11(14)16-10/h5-6H,4,7-8H2,1-3H3,(H,19,20)(H3,14,15,16). The van der Waals surface area contributed by atoms with Gasteiger partial charge in [-0.05, 0) is 33.3 Å². The summed E-state index contributed by atoms with van der Waals surface area (Å²) >= 11 is 0. The number of hydrogen-bond donors (Lipinski definition) is 3. The lowest BCUT2D eigenvalue weighted by Crippen LogP contribution is -2.45. The quantitative estimate of drug-likeness (QED) is 0.416. The SMILES string of the molecule is CC(C)(C)N(CCCNc1ccc([N+](=O)[O-])c(N)n1)C(=O)O. The van der Waals surface area contributed by atoms with Crippen LogP contribution in [0.3, 0.4) is 0 Å². The molecule has 0 saturated heterocycles. The van der Waals surface area contributed by atoms with Crippen LogP contribution in [0.15, 0.2) is 12.1 Å². The number of nitrogen functional groups attached to an aromatic ring is 1. The van der Waals surface area contributed by atoms with E-state index in [1.165, 1.54) is 17.0 Å². The van der Waals surface area contributed by atoms with Crippen LogP contribution >= 0.6 is 0 Å². The van der Waals surface area contributed by atoms with E-state index in [4.69, 9.17) is 10.8 Å². The zero-order chi connectivity index (χ0) is 16.9. The first kappa shape index (κ1) is 17.5. The molecule has 9 heteroatoms. The van der Waals surface area contributed by atoms with Crippen LogP contribution in [0, 0.1) is 10.1 Å². The second kappa shape index (κ2) is 6.92. The molecule has 0 aliphatic heterocycles. The normalized spacial score (nSPS) is 11.0. The molecule has 22 heavy (non-hydrogen) atoms. The molecule has 0 unspecified atom stereocenters. The zero-order valence-corrected chi connectivity index (χ0v) is 12.9. The summed E-state index contributed by atoms with van der Waals surface area (Å²) < 4.78 is 0. The Bertz CT molecular complexity index is 556. The highest BCUT2D eigenvalue weighted by atomic mass is 16.6. The van der Waals surface area contributed by atoms with Crippen LogP contribution in [-0.2, 0) is 0 Å². The summed E-state index contributed by atoms with van der Waals surface area (Å²) in [4.78, 5) is 26.4. The van der Waals surface area contributed by atoms with E-state index < -0.39 is 16.6 Å². The minimum Gasteiger partial charge on any atom is -0.465 e. The Kier molecular flexibility index (Phi) is 5.50. The first-order chi connectivity index (χ1) is 10.1. The Hall–Kier alpha value is -2.58. The van der Waals surface area contributed by atoms with Crippen LogP contribution in [0.5, 0.6) is 0 Å². The number of carboxylic acid groups (broad SMARTS) is 1. The van der Waals surface area contributed by atoms with Crippen molar-refractivity contribution >= 4 is 23.4 Å². The molecule has 1 amide bonds. The van der Waals surface area contributed by atoms with E-state index in [9.17, 15) is 14.9 Å². The lowest BCUT2D eigenvalue weighted by atomic mass is 10.1. The van der Waals surface area contributed by atoms with Gasteiger partial charge in [-0.1, -0.05) is 0 Å². The molecule has 0 bridgehead atoms. The predicted octanol–water partition coefficient (Wildman–Crippen LogP) is 2.15. The van der Waals surface area contributed by atoms with Crippen LogP contribution in [-0.4, -0.2) is 44.6 Å². The van der Waals surface area contributed by atoms with Gasteiger partial charge >= 0.3 is 11.8 Å². The van der Waals surface area contributed by atoms with Gasteiger partial charge in [0.2, 0.25) is 5.82 Å². The van der Waals surface area contributed by atoms with Gasteiger partial charge in [-0.2, -0.15) is 0 Å². The van der Waals surface area contributed by atoms with Gasteiger partial charge in [-0.25, -0.2) is 9.78 Å². The summed E-state index contributed by atoms with van der Waals surface area (Å²) in [6.45, 7) is 6.33. The van der Waals surface area contributed by atoms with E-state index >= 15 is 0 Å². The Morgan fingerprint density at radius 2 is 2.14 bits per heavy atom. The van der Waals surface area contributed by atoms with Crippen molar-refractivity contribution in [3.63, 3.8) is 0 Å². The monoisotopic (exact) mass is 311 g/mol. The summed E-state index contributed by atoms with van der Waals surface area (Å²) in [5.74, 6) is 0.262. The number of nitrogens with zero attached hydrogens (tertiary/aromatic N) is 3. The maximum atomic E-state index is 11.2. The van der Waals surface area contributed by atoms with Crippen LogP contribution in [0.2, 0.25) is 0 Å². The van der Waals surface area contributed by atoms with Gasteiger partial charge in [0.1, 0.15) is 5.82 Å². The molecule has 0 aliphatic rings. The minimum atomic E-state index is -0.967. The van der Waals surface area contributed by atoms with Gasteiger partial charge in [-0.15, -0.1) is 0 Å². The largest absolute Gasteiger partial charge is 0.465 e. The number of carbonyl (C=O) groups is 1. The fourth-order valence-electron chi connectivity index (χ4n) is 1.89. The highest BCUT2D eigenvalue weighted by Crippen LogP contribution is 2.20. The zero-order valence-electron chi connectivity index (χ0n) is 12.9. The third-order valence-corrected chi connectivity index (χ3v) is 3.00. The molecule has 0 atom stereocenters. The summed E-state index contributed by atoms with van der Waals surface area (Å²) in [7, 11) is 0. The van der Waals surface area contributed by atoms with Gasteiger partial charge in [0.05, 0.1) is 4.92 Å². The van der Waals surface area contributed by atoms with E-state index in [0.717, 1.165) is 0 Å². The molecule has 0 aliphatic carbocycles. The van der Waals surface area contributed by atoms with Gasteiger partial charge in [0, 0.05) is 24.7 Å². The van der Waals surface area contributed by atoms with Crippen LogP contribution in [0.4, 0.5) is 22.1 Å². The van der Waals surface area contributed by atoms with Crippen molar-refractivity contribution < 1.29 is 14.8 Å². The molecule has 4 N–H and O–H groups in total. The molecule has 1 heterocycles. The van der Waals surface area contributed by atoms with Crippen molar-refractivity contribution in [3.8, 4) is 0 Å². The lowest BCUT2D eigenvalue weighted by Gasteiger charge is -2.33. The fraction of sp³-hybridized carbons (Fsp3) is 0.538. The van der Waals surface area contributed by atoms with Crippen LogP contribution in [0.1, 0.15) is 27.2 Å². The van der Waals surface area contributed by atoms with E-state index in [2.05, 4.69) is 10.3 Å². The maximum Gasteiger partial charge on any atom is 0.407 e. The van der Waals surface area contributed by atoms with Gasteiger partial charge in [0.15, 0.2) is 0 Å². The molecular weight excluding hydrogens is 290 g/mol. The molecule has 1 rings (SSSR count). The molecule has 122 valence electrons. The number of nitrogens with one attached hydrogen (secondary N) is 1. The Morgan fingerprint density at radius 3 is 2.59 bits per heavy atom. The summed E-state index contributed by atoms with van der Waals surface area (Å²) in [5.41, 5.74) is 4.78. The van der Waals surface area contributed by atoms with Gasteiger partial charge in [-0.3, -0.25) is 10.1 Å².